The maximum absolute atomic E-state index is 15.2. The van der Waals surface area contributed by atoms with Crippen molar-refractivity contribution in [2.75, 3.05) is 38.7 Å². The Kier molecular flexibility index (Phi) is 6.07. The van der Waals surface area contributed by atoms with Crippen LogP contribution < -0.4 is 14.8 Å². The van der Waals surface area contributed by atoms with Gasteiger partial charge in [-0.3, -0.25) is 0 Å². The van der Waals surface area contributed by atoms with Crippen molar-refractivity contribution < 1.29 is 36.9 Å². The Morgan fingerprint density at radius 1 is 1.14 bits per heavy atom. The number of rotatable bonds is 6. The van der Waals surface area contributed by atoms with Crippen LogP contribution in [0.25, 0.3) is 0 Å². The lowest BCUT2D eigenvalue weighted by Crippen LogP contribution is -2.59. The normalized spacial score (nSPS) is 24.5. The molecule has 35 heavy (non-hydrogen) atoms. The van der Waals surface area contributed by atoms with Crippen LogP contribution in [0.15, 0.2) is 18.5 Å². The molecule has 1 aliphatic carbocycles. The van der Waals surface area contributed by atoms with E-state index >= 15 is 4.39 Å². The smallest absolute Gasteiger partial charge is 0.410 e. The summed E-state index contributed by atoms with van der Waals surface area (Å²) in [5, 5.41) is 2.33. The molecule has 2 bridgehead atoms. The fraction of sp³-hybridized carbons (Fsp3) is 0.522. The number of nitrogens with zero attached hydrogens (tertiary/aromatic N) is 3. The number of piperidine rings is 1. The highest BCUT2D eigenvalue weighted by atomic mass is 19.1. The maximum Gasteiger partial charge on any atom is 0.410 e. The Morgan fingerprint density at radius 2 is 1.86 bits per heavy atom. The van der Waals surface area contributed by atoms with Crippen molar-refractivity contribution >= 4 is 17.6 Å². The molecule has 2 saturated heterocycles. The molecule has 1 N–H and O–H groups in total. The van der Waals surface area contributed by atoms with Gasteiger partial charge in [-0.1, -0.05) is 0 Å². The summed E-state index contributed by atoms with van der Waals surface area (Å²) in [5.41, 5.74) is -1.00. The predicted molar refractivity (Wildman–Crippen MR) is 116 cm³/mol. The fourth-order valence-electron chi connectivity index (χ4n) is 4.37. The fourth-order valence-corrected chi connectivity index (χ4v) is 4.37. The van der Waals surface area contributed by atoms with E-state index in [1.54, 1.807) is 4.90 Å². The summed E-state index contributed by atoms with van der Waals surface area (Å²) in [7, 11) is 1.23. The largest absolute Gasteiger partial charge is 0.494 e. The zero-order chi connectivity index (χ0) is 24.7. The summed E-state index contributed by atoms with van der Waals surface area (Å²) in [6.45, 7) is 3.19. The van der Waals surface area contributed by atoms with Gasteiger partial charge in [0.05, 0.1) is 20.3 Å². The number of aromatic nitrogens is 2. The molecule has 2 aliphatic heterocycles. The number of ether oxygens (including phenoxy) is 4. The molecule has 0 radical (unpaired) electrons. The lowest BCUT2D eigenvalue weighted by atomic mass is 9.84. The Balaban J connectivity index is 1.32. The van der Waals surface area contributed by atoms with Gasteiger partial charge in [-0.25, -0.2) is 18.6 Å². The Hall–Kier alpha value is -3.28. The number of hydrogen-bond acceptors (Lipinski definition) is 8. The second-order valence-electron chi connectivity index (χ2n) is 9.27. The minimum absolute atomic E-state index is 0.214. The van der Waals surface area contributed by atoms with Crippen molar-refractivity contribution in [3.8, 4) is 11.6 Å². The molecule has 5 rings (SSSR count). The first-order valence-electron chi connectivity index (χ1n) is 11.3. The molecule has 9 nitrogen and oxygen atoms in total. The van der Waals surface area contributed by atoms with Crippen molar-refractivity contribution in [3.63, 3.8) is 0 Å². The van der Waals surface area contributed by atoms with E-state index in [9.17, 15) is 13.6 Å². The molecule has 1 saturated carbocycles. The van der Waals surface area contributed by atoms with E-state index in [0.717, 1.165) is 31.3 Å². The second kappa shape index (κ2) is 9.06. The van der Waals surface area contributed by atoms with Crippen molar-refractivity contribution in [1.82, 2.24) is 14.9 Å². The van der Waals surface area contributed by atoms with E-state index in [1.807, 2.05) is 6.92 Å². The maximum atomic E-state index is 15.2. The number of fused-ring (bicyclic) bond motifs is 2. The van der Waals surface area contributed by atoms with Gasteiger partial charge in [0.2, 0.25) is 5.82 Å². The minimum Gasteiger partial charge on any atom is -0.494 e. The standard InChI is InChI=1S/C23H25F3N4O5/c1-23(5-6-23)35-22(31)30-7-12-9-33-10-13(8-30)19(12)34-21-17(26)20(27-11-28-21)29-18-14(24)3-4-15(32-2)16(18)25/h3-4,11-13,19H,5-10H2,1-2H3,(H,27,28,29). The zero-order valence-corrected chi connectivity index (χ0v) is 19.2. The van der Waals surface area contributed by atoms with Crippen molar-refractivity contribution in [2.45, 2.75) is 31.5 Å². The summed E-state index contributed by atoms with van der Waals surface area (Å²) in [5.74, 6) is -4.49. The third-order valence-electron chi connectivity index (χ3n) is 6.57. The topological polar surface area (TPSA) is 95.0 Å². The molecule has 3 fully saturated rings. The monoisotopic (exact) mass is 494 g/mol. The first-order chi connectivity index (χ1) is 16.8. The highest BCUT2D eigenvalue weighted by molar-refractivity contribution is 5.69. The predicted octanol–water partition coefficient (Wildman–Crippen LogP) is 3.66. The number of nitrogens with one attached hydrogen (secondary N) is 1. The summed E-state index contributed by atoms with van der Waals surface area (Å²) in [4.78, 5) is 21.9. The van der Waals surface area contributed by atoms with Crippen LogP contribution in [-0.4, -0.2) is 66.1 Å². The highest BCUT2D eigenvalue weighted by Crippen LogP contribution is 2.40. The van der Waals surface area contributed by atoms with Gasteiger partial charge in [-0.2, -0.15) is 9.37 Å². The van der Waals surface area contributed by atoms with Gasteiger partial charge in [0.15, 0.2) is 17.4 Å². The van der Waals surface area contributed by atoms with Gasteiger partial charge in [0.1, 0.15) is 29.5 Å². The number of halogens is 3. The molecule has 1 aromatic carbocycles. The van der Waals surface area contributed by atoms with Crippen LogP contribution >= 0.6 is 0 Å². The molecule has 188 valence electrons. The Bertz CT molecular complexity index is 1120. The number of amides is 1. The average molecular weight is 494 g/mol. The average Bonchev–Trinajstić information content (AvgIpc) is 3.55. The number of methoxy groups -OCH3 is 1. The lowest BCUT2D eigenvalue weighted by molar-refractivity contribution is -0.112. The number of hydrogen-bond donors (Lipinski definition) is 1. The first-order valence-corrected chi connectivity index (χ1v) is 11.3. The van der Waals surface area contributed by atoms with Gasteiger partial charge in [0.25, 0.3) is 5.88 Å². The van der Waals surface area contributed by atoms with Crippen molar-refractivity contribution in [1.29, 1.82) is 0 Å². The van der Waals surface area contributed by atoms with Crippen LogP contribution in [-0.2, 0) is 9.47 Å². The number of benzene rings is 1. The molecular formula is C23H25F3N4O5. The van der Waals surface area contributed by atoms with Gasteiger partial charge in [-0.05, 0) is 31.9 Å². The van der Waals surface area contributed by atoms with Gasteiger partial charge >= 0.3 is 6.09 Å². The Labute approximate surface area is 199 Å². The molecule has 2 aromatic rings. The Morgan fingerprint density at radius 3 is 2.51 bits per heavy atom. The molecular weight excluding hydrogens is 469 g/mol. The minimum atomic E-state index is -1.03. The van der Waals surface area contributed by atoms with Crippen LogP contribution in [0.3, 0.4) is 0 Å². The molecule has 1 amide bonds. The number of anilines is 2. The number of likely N-dealkylation sites (tertiary alicyclic amines) is 1. The highest BCUT2D eigenvalue weighted by Gasteiger charge is 2.47. The molecule has 3 heterocycles. The summed E-state index contributed by atoms with van der Waals surface area (Å²) < 4.78 is 66.0. The van der Waals surface area contributed by atoms with Crippen LogP contribution in [0, 0.1) is 29.3 Å². The van der Waals surface area contributed by atoms with E-state index < -0.39 is 35.1 Å². The molecule has 12 heteroatoms. The quantitative estimate of drug-likeness (QED) is 0.650. The SMILES string of the molecule is COc1ccc(F)c(Nc2ncnc(OC3C4COCC3CN(C(=O)OC3(C)CC3)C4)c2F)c1F. The summed E-state index contributed by atoms with van der Waals surface area (Å²) >= 11 is 0. The lowest BCUT2D eigenvalue weighted by Gasteiger charge is -2.46. The van der Waals surface area contributed by atoms with E-state index in [0.29, 0.717) is 26.3 Å². The van der Waals surface area contributed by atoms with E-state index in [4.69, 9.17) is 18.9 Å². The number of carbonyl (C=O) groups is 1. The second-order valence-corrected chi connectivity index (χ2v) is 9.27. The van der Waals surface area contributed by atoms with Crippen molar-refractivity contribution in [3.05, 3.63) is 35.9 Å². The summed E-state index contributed by atoms with van der Waals surface area (Å²) in [6.07, 6.45) is 1.88. The molecule has 2 atom stereocenters. The van der Waals surface area contributed by atoms with E-state index in [-0.39, 0.29) is 35.2 Å². The van der Waals surface area contributed by atoms with Gasteiger partial charge < -0.3 is 29.2 Å². The number of carbonyl (C=O) groups excluding carboxylic acids is 1. The third-order valence-corrected chi connectivity index (χ3v) is 6.57. The van der Waals surface area contributed by atoms with Crippen LogP contribution in [0.5, 0.6) is 11.6 Å². The van der Waals surface area contributed by atoms with Gasteiger partial charge in [-0.15, -0.1) is 0 Å². The van der Waals surface area contributed by atoms with Crippen molar-refractivity contribution in [2.24, 2.45) is 11.8 Å². The van der Waals surface area contributed by atoms with Crippen LogP contribution in [0.2, 0.25) is 0 Å². The first kappa shape index (κ1) is 23.5. The molecule has 0 spiro atoms. The van der Waals surface area contributed by atoms with Crippen LogP contribution in [0.1, 0.15) is 19.8 Å². The van der Waals surface area contributed by atoms with E-state index in [1.165, 1.54) is 7.11 Å². The molecule has 1 aromatic heterocycles. The van der Waals surface area contributed by atoms with Gasteiger partial charge in [0, 0.05) is 24.9 Å². The van der Waals surface area contributed by atoms with Crippen LogP contribution in [0.4, 0.5) is 29.5 Å². The third kappa shape index (κ3) is 4.66. The summed E-state index contributed by atoms with van der Waals surface area (Å²) in [6, 6.07) is 2.11. The molecule has 2 unspecified atom stereocenters. The van der Waals surface area contributed by atoms with E-state index in [2.05, 4.69) is 15.3 Å². The molecule has 3 aliphatic rings. The zero-order valence-electron chi connectivity index (χ0n) is 19.2.